The number of amides is 2. The van der Waals surface area contributed by atoms with Crippen molar-refractivity contribution in [3.05, 3.63) is 95.6 Å². The van der Waals surface area contributed by atoms with Crippen molar-refractivity contribution in [1.82, 2.24) is 10.2 Å². The molecule has 0 aliphatic heterocycles. The largest absolute Gasteiger partial charge is 0.480 e. The van der Waals surface area contributed by atoms with E-state index in [1.54, 1.807) is 20.8 Å². The molecule has 0 bridgehead atoms. The fraction of sp³-hybridized carbons (Fsp3) is 0.364. The number of carboxylic acid groups (broad SMARTS) is 1. The molecule has 0 heterocycles. The van der Waals surface area contributed by atoms with Crippen LogP contribution in [-0.2, 0) is 25.6 Å². The van der Waals surface area contributed by atoms with Crippen molar-refractivity contribution in [2.24, 2.45) is 0 Å². The highest BCUT2D eigenvalue weighted by Crippen LogP contribution is 2.44. The Morgan fingerprint density at radius 3 is 2.10 bits per heavy atom. The Morgan fingerprint density at radius 2 is 1.50 bits per heavy atom. The maximum absolute atomic E-state index is 13.5. The fourth-order valence-corrected chi connectivity index (χ4v) is 4.96. The van der Waals surface area contributed by atoms with Gasteiger partial charge in [-0.3, -0.25) is 4.90 Å². The molecule has 1 aliphatic rings. The Balaban J connectivity index is 1.44. The first-order valence-electron chi connectivity index (χ1n) is 14.1. The van der Waals surface area contributed by atoms with Crippen LogP contribution in [0.5, 0.6) is 0 Å². The van der Waals surface area contributed by atoms with E-state index >= 15 is 0 Å². The van der Waals surface area contributed by atoms with E-state index in [-0.39, 0.29) is 45.2 Å². The lowest BCUT2D eigenvalue weighted by molar-refractivity contribution is -0.145. The summed E-state index contributed by atoms with van der Waals surface area (Å²) in [7, 11) is 0. The summed E-state index contributed by atoms with van der Waals surface area (Å²) >= 11 is 0. The number of fused-ring (bicyclic) bond motifs is 3. The lowest BCUT2D eigenvalue weighted by atomic mass is 9.98. The minimum atomic E-state index is -1.29. The molecule has 222 valence electrons. The molecule has 0 unspecified atom stereocenters. The van der Waals surface area contributed by atoms with Crippen molar-refractivity contribution >= 4 is 18.2 Å². The Bertz CT molecular complexity index is 1320. The van der Waals surface area contributed by atoms with Crippen LogP contribution in [0.4, 0.5) is 9.59 Å². The molecular weight excluding hydrogens is 536 g/mol. The average molecular weight is 575 g/mol. The number of hydrogen-bond donors (Lipinski definition) is 2. The monoisotopic (exact) mass is 574 g/mol. The van der Waals surface area contributed by atoms with Crippen LogP contribution in [0.15, 0.2) is 78.9 Å². The number of ether oxygens (including phenoxy) is 3. The summed E-state index contributed by atoms with van der Waals surface area (Å²) in [5.74, 6) is -1.38. The summed E-state index contributed by atoms with van der Waals surface area (Å²) in [6.45, 7) is 5.51. The van der Waals surface area contributed by atoms with Gasteiger partial charge < -0.3 is 24.6 Å². The molecular formula is C33H38N2O7. The number of nitrogens with zero attached hydrogens (tertiary/aromatic N) is 1. The van der Waals surface area contributed by atoms with Crippen LogP contribution < -0.4 is 5.32 Å². The van der Waals surface area contributed by atoms with Crippen molar-refractivity contribution in [3.8, 4) is 11.1 Å². The zero-order chi connectivity index (χ0) is 30.1. The Hall–Kier alpha value is -4.37. The van der Waals surface area contributed by atoms with Gasteiger partial charge in [0.15, 0.2) is 6.04 Å². The number of alkyl carbamates (subject to hydrolysis) is 1. The van der Waals surface area contributed by atoms with E-state index in [2.05, 4.69) is 5.32 Å². The standard InChI is InChI=1S/C33H38N2O7/c1-33(2,3)42-31(38)34-18-11-19-35(29(30(36)37)22-40-20-23-12-5-4-6-13-23)32(39)41-21-28-26-16-9-7-14-24(26)25-15-8-10-17-27(25)28/h4-10,12-17,28-29H,11,18-22H2,1-3H3,(H,34,38)(H,36,37)/t29-/m0/s1. The molecule has 0 saturated heterocycles. The number of carbonyl (C=O) groups is 3. The maximum atomic E-state index is 13.5. The van der Waals surface area contributed by atoms with Crippen LogP contribution in [0.25, 0.3) is 11.1 Å². The Labute approximate surface area is 246 Å². The second-order valence-corrected chi connectivity index (χ2v) is 11.1. The number of carbonyl (C=O) groups excluding carboxylic acids is 2. The second-order valence-electron chi connectivity index (χ2n) is 11.1. The summed E-state index contributed by atoms with van der Waals surface area (Å²) in [6.07, 6.45) is -1.06. The number of hydrogen-bond acceptors (Lipinski definition) is 6. The third-order valence-electron chi connectivity index (χ3n) is 6.86. The normalized spacial score (nSPS) is 13.0. The highest BCUT2D eigenvalue weighted by atomic mass is 16.6. The number of carboxylic acids is 1. The van der Waals surface area contributed by atoms with Crippen molar-refractivity contribution in [2.75, 3.05) is 26.3 Å². The molecule has 2 amide bonds. The van der Waals surface area contributed by atoms with Crippen LogP contribution >= 0.6 is 0 Å². The molecule has 9 heteroatoms. The molecule has 0 fully saturated rings. The van der Waals surface area contributed by atoms with Crippen molar-refractivity contribution in [2.45, 2.75) is 51.4 Å². The van der Waals surface area contributed by atoms with Gasteiger partial charge in [0.05, 0.1) is 13.2 Å². The van der Waals surface area contributed by atoms with E-state index in [4.69, 9.17) is 14.2 Å². The summed E-state index contributed by atoms with van der Waals surface area (Å²) in [5, 5.41) is 12.7. The predicted octanol–water partition coefficient (Wildman–Crippen LogP) is 5.82. The molecule has 0 radical (unpaired) electrons. The van der Waals surface area contributed by atoms with Gasteiger partial charge in [0.25, 0.3) is 0 Å². The van der Waals surface area contributed by atoms with Crippen LogP contribution in [0.2, 0.25) is 0 Å². The van der Waals surface area contributed by atoms with Crippen LogP contribution in [-0.4, -0.2) is 66.1 Å². The van der Waals surface area contributed by atoms with Gasteiger partial charge in [-0.2, -0.15) is 0 Å². The predicted molar refractivity (Wildman–Crippen MR) is 158 cm³/mol. The van der Waals surface area contributed by atoms with E-state index < -0.39 is 29.8 Å². The molecule has 4 rings (SSSR count). The van der Waals surface area contributed by atoms with Gasteiger partial charge in [-0.1, -0.05) is 78.9 Å². The number of rotatable bonds is 12. The number of nitrogens with one attached hydrogen (secondary N) is 1. The molecule has 3 aromatic rings. The lowest BCUT2D eigenvalue weighted by Gasteiger charge is -2.29. The van der Waals surface area contributed by atoms with Gasteiger partial charge in [0.1, 0.15) is 12.2 Å². The van der Waals surface area contributed by atoms with Gasteiger partial charge in [-0.15, -0.1) is 0 Å². The van der Waals surface area contributed by atoms with Crippen LogP contribution in [0, 0.1) is 0 Å². The summed E-state index contributed by atoms with van der Waals surface area (Å²) in [6, 6.07) is 24.1. The maximum Gasteiger partial charge on any atom is 0.410 e. The minimum Gasteiger partial charge on any atom is -0.480 e. The van der Waals surface area contributed by atoms with E-state index in [1.807, 2.05) is 78.9 Å². The number of benzene rings is 3. The van der Waals surface area contributed by atoms with Crippen LogP contribution in [0.1, 0.15) is 49.8 Å². The molecule has 0 spiro atoms. The van der Waals surface area contributed by atoms with E-state index in [9.17, 15) is 19.5 Å². The smallest absolute Gasteiger partial charge is 0.410 e. The van der Waals surface area contributed by atoms with E-state index in [0.29, 0.717) is 0 Å². The van der Waals surface area contributed by atoms with E-state index in [1.165, 1.54) is 0 Å². The Kier molecular flexibility index (Phi) is 10.2. The summed E-state index contributed by atoms with van der Waals surface area (Å²) < 4.78 is 16.8. The zero-order valence-electron chi connectivity index (χ0n) is 24.2. The quantitative estimate of drug-likeness (QED) is 0.262. The lowest BCUT2D eigenvalue weighted by Crippen LogP contribution is -2.49. The molecule has 3 aromatic carbocycles. The highest BCUT2D eigenvalue weighted by molar-refractivity contribution is 5.81. The molecule has 1 atom stereocenters. The van der Waals surface area contributed by atoms with Gasteiger partial charge in [-0.05, 0) is 55.0 Å². The van der Waals surface area contributed by atoms with Crippen molar-refractivity contribution < 1.29 is 33.7 Å². The molecule has 2 N–H and O–H groups in total. The van der Waals surface area contributed by atoms with E-state index in [0.717, 1.165) is 32.7 Å². The SMILES string of the molecule is CC(C)(C)OC(=O)NCCCN(C(=O)OCC1c2ccccc2-c2ccccc21)[C@@H](COCc1ccccc1)C(=O)O. The third-order valence-corrected chi connectivity index (χ3v) is 6.86. The van der Waals surface area contributed by atoms with Gasteiger partial charge >= 0.3 is 18.2 Å². The highest BCUT2D eigenvalue weighted by Gasteiger charge is 2.34. The molecule has 0 aromatic heterocycles. The summed E-state index contributed by atoms with van der Waals surface area (Å²) in [5.41, 5.74) is 4.54. The fourth-order valence-electron chi connectivity index (χ4n) is 4.96. The van der Waals surface area contributed by atoms with Crippen molar-refractivity contribution in [3.63, 3.8) is 0 Å². The molecule has 0 saturated carbocycles. The van der Waals surface area contributed by atoms with Crippen LogP contribution in [0.3, 0.4) is 0 Å². The molecule has 9 nitrogen and oxygen atoms in total. The van der Waals surface area contributed by atoms with Gasteiger partial charge in [-0.25, -0.2) is 14.4 Å². The van der Waals surface area contributed by atoms with Crippen molar-refractivity contribution in [1.29, 1.82) is 0 Å². The Morgan fingerprint density at radius 1 is 0.905 bits per heavy atom. The second kappa shape index (κ2) is 14.0. The van der Waals surface area contributed by atoms with Gasteiger partial charge in [0.2, 0.25) is 0 Å². The van der Waals surface area contributed by atoms with Gasteiger partial charge in [0, 0.05) is 19.0 Å². The third kappa shape index (κ3) is 8.10. The molecule has 42 heavy (non-hydrogen) atoms. The molecule has 1 aliphatic carbocycles. The minimum absolute atomic E-state index is 0.0259. The zero-order valence-corrected chi connectivity index (χ0v) is 24.2. The summed E-state index contributed by atoms with van der Waals surface area (Å²) in [4.78, 5) is 39.1. The first-order chi connectivity index (χ1) is 20.1. The average Bonchev–Trinajstić information content (AvgIpc) is 3.28. The first kappa shape index (κ1) is 30.6. The first-order valence-corrected chi connectivity index (χ1v) is 14.1. The topological polar surface area (TPSA) is 114 Å². The number of aliphatic carboxylic acids is 1.